The number of hydrogen-bond acceptors (Lipinski definition) is 3. The Morgan fingerprint density at radius 2 is 0.893 bits per heavy atom. The van der Waals surface area contributed by atoms with E-state index in [-0.39, 0.29) is 23.7 Å². The van der Waals surface area contributed by atoms with Crippen LogP contribution in [0.3, 0.4) is 0 Å². The maximum Gasteiger partial charge on any atom is 0.0605 e. The van der Waals surface area contributed by atoms with Crippen molar-refractivity contribution in [1.29, 1.82) is 0 Å². The van der Waals surface area contributed by atoms with Crippen molar-refractivity contribution in [1.82, 2.24) is 0 Å². The van der Waals surface area contributed by atoms with E-state index in [1.807, 2.05) is 0 Å². The van der Waals surface area contributed by atoms with Crippen molar-refractivity contribution >= 4 is 11.1 Å². The molecule has 0 aromatic heterocycles. The first-order valence-electron chi connectivity index (χ1n) is 31.6. The first-order valence-corrected chi connectivity index (χ1v) is 31.6. The van der Waals surface area contributed by atoms with Crippen LogP contribution in [0, 0.1) is 110 Å². The summed E-state index contributed by atoms with van der Waals surface area (Å²) < 4.78 is 0. The number of hydrogen-bond donors (Lipinski definition) is 3. The molecular formula is C72H104O3. The van der Waals surface area contributed by atoms with Crippen molar-refractivity contribution in [3.05, 3.63) is 120 Å². The van der Waals surface area contributed by atoms with Gasteiger partial charge < -0.3 is 15.3 Å². The van der Waals surface area contributed by atoms with Gasteiger partial charge in [-0.2, -0.15) is 0 Å². The average molecular weight is 1020 g/mol. The van der Waals surface area contributed by atoms with E-state index < -0.39 is 0 Å². The Bertz CT molecular complexity index is 2370. The zero-order chi connectivity index (χ0) is 53.0. The van der Waals surface area contributed by atoms with Gasteiger partial charge in [0.15, 0.2) is 0 Å². The van der Waals surface area contributed by atoms with Crippen LogP contribution in [-0.4, -0.2) is 33.6 Å². The maximum absolute atomic E-state index is 12.0. The van der Waals surface area contributed by atoms with Gasteiger partial charge >= 0.3 is 0 Å². The van der Waals surface area contributed by atoms with Gasteiger partial charge in [-0.05, 0) is 242 Å². The minimum atomic E-state index is -0.209. The Morgan fingerprint density at radius 3 is 1.36 bits per heavy atom. The van der Waals surface area contributed by atoms with Gasteiger partial charge in [-0.3, -0.25) is 0 Å². The Labute approximate surface area is 457 Å². The molecule has 410 valence electrons. The number of allylic oxidation sites excluding steroid dienone is 3. The molecule has 0 aliphatic heterocycles. The average Bonchev–Trinajstić information content (AvgIpc) is 3.97. The largest absolute Gasteiger partial charge is 0.393 e. The lowest BCUT2D eigenvalue weighted by molar-refractivity contribution is -0.203. The van der Waals surface area contributed by atoms with Gasteiger partial charge in [0, 0.05) is 0 Å². The summed E-state index contributed by atoms with van der Waals surface area (Å²) in [6.45, 7) is 24.8. The molecule has 3 aromatic carbocycles. The highest BCUT2D eigenvalue weighted by Gasteiger charge is 2.66. The van der Waals surface area contributed by atoms with Crippen LogP contribution in [0.5, 0.6) is 0 Å². The SMILES string of the molecule is CC[C@H]1[C@@H](O)[C@H]2C3CC[C@H]([C@H](C)C/C=C(/C)c4ccccc4)[C@@]3(C)CCC2[C@@]2(C)CC[C@@H](C)C[C@@H]12.CC[C@H]1[C@@H](O)[C@H]2C3CC[C@H]([C@H](C)CC=C(c4ccccc4)c4ccccc4)[C@@]3(C)CCC2[C@@]2(C)CC[C@@H](O)C[C@@H]12. The Hall–Kier alpha value is -2.98. The van der Waals surface area contributed by atoms with E-state index in [1.54, 1.807) is 0 Å². The lowest BCUT2D eigenvalue weighted by Gasteiger charge is -2.65. The van der Waals surface area contributed by atoms with E-state index in [2.05, 4.69) is 172 Å². The fourth-order valence-corrected chi connectivity index (χ4v) is 21.5. The molecule has 0 saturated heterocycles. The standard InChI is InChI=1S/C38H52O2.C34H52O/c1-5-29-34-24-28(39)20-22-38(34,4)33-21-23-37(3)31(18-19-32(37)35(33)36(29)40)25(2)16-17-30(26-12-8-6-9-13-26)27-14-10-7-11-15-27;1-7-26-30-21-22(2)17-19-34(30,6)29-18-20-33(5)27(15-16-28(33)31(29)32(26)35)24(4)14-13-23(3)25-11-9-8-10-12-25/h6-15,17,25,28-29,31-36,39-40H,5,16,18-24H2,1-4H3;8-13,22,24,26-32,35H,7,14-21H2,1-6H3/b;23-13-/t25-,28-,29-,31-,32?,33?,34+,35+,36-,37-,38-;22-,24-,26-,27-,28?,29?,30+,31+,32-,33-,34-/m11/s1. The summed E-state index contributed by atoms with van der Waals surface area (Å²) in [6, 6.07) is 32.6. The second kappa shape index (κ2) is 22.3. The first kappa shape index (κ1) is 55.3. The molecule has 75 heavy (non-hydrogen) atoms. The minimum absolute atomic E-state index is 0.0766. The Morgan fingerprint density at radius 1 is 0.493 bits per heavy atom. The molecule has 3 heteroatoms. The van der Waals surface area contributed by atoms with Gasteiger partial charge in [0.25, 0.3) is 0 Å². The van der Waals surface area contributed by atoms with E-state index in [9.17, 15) is 15.3 Å². The number of fused-ring (bicyclic) bond motifs is 10. The topological polar surface area (TPSA) is 60.7 Å². The molecule has 0 amide bonds. The molecule has 3 nitrogen and oxygen atoms in total. The number of benzene rings is 3. The highest BCUT2D eigenvalue weighted by Crippen LogP contribution is 2.72. The van der Waals surface area contributed by atoms with Crippen molar-refractivity contribution in [2.45, 2.75) is 203 Å². The highest BCUT2D eigenvalue weighted by atomic mass is 16.3. The third-order valence-electron chi connectivity index (χ3n) is 25.5. The second-order valence-corrected chi connectivity index (χ2v) is 28.7. The van der Waals surface area contributed by atoms with Gasteiger partial charge in [0.2, 0.25) is 0 Å². The van der Waals surface area contributed by atoms with Crippen molar-refractivity contribution in [3.63, 3.8) is 0 Å². The molecule has 0 radical (unpaired) electrons. The second-order valence-electron chi connectivity index (χ2n) is 28.7. The molecule has 0 heterocycles. The van der Waals surface area contributed by atoms with E-state index in [1.165, 1.54) is 105 Å². The van der Waals surface area contributed by atoms with Crippen LogP contribution < -0.4 is 0 Å². The summed E-state index contributed by atoms with van der Waals surface area (Å²) in [5.74, 6) is 9.36. The van der Waals surface area contributed by atoms with Gasteiger partial charge in [0.05, 0.1) is 18.3 Å². The summed E-state index contributed by atoms with van der Waals surface area (Å²) in [5.41, 5.74) is 8.17. The smallest absolute Gasteiger partial charge is 0.0605 e. The number of aliphatic hydroxyl groups is 3. The summed E-state index contributed by atoms with van der Waals surface area (Å²) >= 11 is 0. The van der Waals surface area contributed by atoms with Crippen molar-refractivity contribution < 1.29 is 15.3 Å². The van der Waals surface area contributed by atoms with Crippen LogP contribution in [0.2, 0.25) is 0 Å². The lowest BCUT2D eigenvalue weighted by atomic mass is 9.41. The predicted octanol–water partition coefficient (Wildman–Crippen LogP) is 17.8. The zero-order valence-corrected chi connectivity index (χ0v) is 48.8. The molecule has 8 aliphatic rings. The molecule has 8 aliphatic carbocycles. The van der Waals surface area contributed by atoms with Crippen LogP contribution in [0.15, 0.2) is 103 Å². The van der Waals surface area contributed by atoms with E-state index in [0.29, 0.717) is 81.3 Å². The van der Waals surface area contributed by atoms with Crippen molar-refractivity contribution in [2.24, 2.45) is 110 Å². The molecule has 3 N–H and O–H groups in total. The molecule has 8 fully saturated rings. The third-order valence-corrected chi connectivity index (χ3v) is 25.5. The third kappa shape index (κ3) is 9.88. The number of aliphatic hydroxyl groups excluding tert-OH is 3. The van der Waals surface area contributed by atoms with Crippen LogP contribution in [0.1, 0.15) is 202 Å². The molecule has 4 unspecified atom stereocenters. The van der Waals surface area contributed by atoms with Crippen molar-refractivity contribution in [3.8, 4) is 0 Å². The quantitative estimate of drug-likeness (QED) is 0.179. The molecule has 0 bridgehead atoms. The maximum atomic E-state index is 12.0. The highest BCUT2D eigenvalue weighted by molar-refractivity contribution is 5.79. The first-order chi connectivity index (χ1) is 36.0. The van der Waals surface area contributed by atoms with Gasteiger partial charge in [-0.1, -0.05) is 185 Å². The summed E-state index contributed by atoms with van der Waals surface area (Å²) in [7, 11) is 0. The number of rotatable bonds is 11. The van der Waals surface area contributed by atoms with Crippen LogP contribution >= 0.6 is 0 Å². The zero-order valence-electron chi connectivity index (χ0n) is 48.8. The van der Waals surface area contributed by atoms with Gasteiger partial charge in [-0.15, -0.1) is 0 Å². The minimum Gasteiger partial charge on any atom is -0.393 e. The molecule has 11 rings (SSSR count). The van der Waals surface area contributed by atoms with E-state index >= 15 is 0 Å². The molecule has 22 atom stereocenters. The van der Waals surface area contributed by atoms with Crippen LogP contribution in [0.25, 0.3) is 11.1 Å². The Balaban J connectivity index is 0.000000173. The van der Waals surface area contributed by atoms with Crippen molar-refractivity contribution in [2.75, 3.05) is 0 Å². The monoisotopic (exact) mass is 1020 g/mol. The van der Waals surface area contributed by atoms with E-state index in [0.717, 1.165) is 62.2 Å². The molecular weight excluding hydrogens is 913 g/mol. The summed E-state index contributed by atoms with van der Waals surface area (Å²) in [4.78, 5) is 0. The normalized spacial score (nSPS) is 43.7. The Kier molecular flexibility index (Phi) is 16.4. The van der Waals surface area contributed by atoms with Crippen LogP contribution in [-0.2, 0) is 0 Å². The molecule has 0 spiro atoms. The summed E-state index contributed by atoms with van der Waals surface area (Å²) in [6.07, 6.45) is 26.7. The fourth-order valence-electron chi connectivity index (χ4n) is 21.5. The lowest BCUT2D eigenvalue weighted by Crippen LogP contribution is -2.62. The van der Waals surface area contributed by atoms with E-state index in [4.69, 9.17) is 0 Å². The van der Waals surface area contributed by atoms with Crippen LogP contribution in [0.4, 0.5) is 0 Å². The predicted molar refractivity (Wildman–Crippen MR) is 314 cm³/mol. The summed E-state index contributed by atoms with van der Waals surface area (Å²) in [5, 5.41) is 34.6. The molecule has 3 aromatic rings. The fraction of sp³-hybridized carbons (Fsp3) is 0.694. The molecule has 8 saturated carbocycles. The van der Waals surface area contributed by atoms with Gasteiger partial charge in [-0.25, -0.2) is 0 Å². The van der Waals surface area contributed by atoms with Gasteiger partial charge in [0.1, 0.15) is 0 Å².